The van der Waals surface area contributed by atoms with Crippen LogP contribution in [0.15, 0.2) is 36.4 Å². The summed E-state index contributed by atoms with van der Waals surface area (Å²) in [5.41, 5.74) is -1.32. The van der Waals surface area contributed by atoms with Crippen molar-refractivity contribution in [3.8, 4) is 5.75 Å². The normalized spacial score (nSPS) is 11.1. The Morgan fingerprint density at radius 2 is 1.86 bits per heavy atom. The summed E-state index contributed by atoms with van der Waals surface area (Å²) in [5, 5.41) is 1.76. The number of alkyl halides is 3. The van der Waals surface area contributed by atoms with Crippen LogP contribution < -0.4 is 10.1 Å². The molecule has 2 amide bonds. The molecule has 0 fully saturated rings. The number of methoxy groups -OCH3 is 1. The number of rotatable bonds is 5. The molecule has 2 rings (SSSR count). The first-order valence-electron chi connectivity index (χ1n) is 7.78. The quantitative estimate of drug-likeness (QED) is 0.740. The van der Waals surface area contributed by atoms with Gasteiger partial charge in [-0.25, -0.2) is 4.39 Å². The summed E-state index contributed by atoms with van der Waals surface area (Å²) in [6.07, 6.45) is -4.68. The van der Waals surface area contributed by atoms with Crippen molar-refractivity contribution in [3.63, 3.8) is 0 Å². The van der Waals surface area contributed by atoms with Crippen molar-refractivity contribution in [2.45, 2.75) is 6.18 Å². The summed E-state index contributed by atoms with van der Waals surface area (Å²) in [5.74, 6) is -1.99. The van der Waals surface area contributed by atoms with Gasteiger partial charge in [-0.05, 0) is 36.4 Å². The molecule has 0 heterocycles. The number of nitrogens with one attached hydrogen (secondary N) is 1. The second-order valence-electron chi connectivity index (χ2n) is 5.75. The van der Waals surface area contributed by atoms with Gasteiger partial charge in [0.15, 0.2) is 0 Å². The molecule has 5 nitrogen and oxygen atoms in total. The highest BCUT2D eigenvalue weighted by atomic mass is 35.5. The summed E-state index contributed by atoms with van der Waals surface area (Å²) in [7, 11) is 2.59. The van der Waals surface area contributed by atoms with Crippen molar-refractivity contribution in [3.05, 3.63) is 58.4 Å². The van der Waals surface area contributed by atoms with E-state index in [1.807, 2.05) is 0 Å². The van der Waals surface area contributed by atoms with E-state index in [-0.39, 0.29) is 17.0 Å². The van der Waals surface area contributed by atoms with Crippen molar-refractivity contribution in [1.82, 2.24) is 4.90 Å². The van der Waals surface area contributed by atoms with Gasteiger partial charge < -0.3 is 15.0 Å². The maximum atomic E-state index is 13.4. The number of ether oxygens (including phenoxy) is 1. The van der Waals surface area contributed by atoms with Gasteiger partial charge in [0.1, 0.15) is 11.6 Å². The third kappa shape index (κ3) is 5.13. The zero-order chi connectivity index (χ0) is 21.1. The number of hydrogen-bond donors (Lipinski definition) is 1. The minimum Gasteiger partial charge on any atom is -0.496 e. The lowest BCUT2D eigenvalue weighted by Crippen LogP contribution is -2.35. The molecular weight excluding hydrogens is 404 g/mol. The van der Waals surface area contributed by atoms with Crippen LogP contribution in [0.1, 0.15) is 15.9 Å². The molecule has 150 valence electrons. The molecule has 2 aromatic carbocycles. The molecule has 0 saturated carbocycles. The van der Waals surface area contributed by atoms with Gasteiger partial charge in [-0.3, -0.25) is 9.59 Å². The van der Waals surface area contributed by atoms with Crippen LogP contribution in [0.5, 0.6) is 5.75 Å². The van der Waals surface area contributed by atoms with E-state index in [1.165, 1.54) is 26.3 Å². The number of hydrogen-bond acceptors (Lipinski definition) is 3. The van der Waals surface area contributed by atoms with Crippen LogP contribution in [0.2, 0.25) is 5.02 Å². The molecule has 0 aliphatic heterocycles. The Bertz CT molecular complexity index is 903. The SMILES string of the molecule is COc1ccc(F)cc1C(=O)N(C)CC(=O)Nc1ccc(Cl)c(C(F)(F)F)c1. The Kier molecular flexibility index (Phi) is 6.50. The molecule has 0 atom stereocenters. The first kappa shape index (κ1) is 21.5. The van der Waals surface area contributed by atoms with Crippen LogP contribution >= 0.6 is 11.6 Å². The fourth-order valence-corrected chi connectivity index (χ4v) is 2.59. The van der Waals surface area contributed by atoms with Gasteiger partial charge in [0.25, 0.3) is 5.91 Å². The summed E-state index contributed by atoms with van der Waals surface area (Å²) in [6.45, 7) is -0.484. The number of likely N-dealkylation sites (N-methyl/N-ethyl adjacent to an activating group) is 1. The molecule has 0 unspecified atom stereocenters. The molecule has 0 aliphatic rings. The number of anilines is 1. The first-order chi connectivity index (χ1) is 13.0. The Balaban J connectivity index is 2.11. The van der Waals surface area contributed by atoms with E-state index in [1.54, 1.807) is 0 Å². The zero-order valence-corrected chi connectivity index (χ0v) is 15.5. The third-order valence-electron chi connectivity index (χ3n) is 3.67. The lowest BCUT2D eigenvalue weighted by atomic mass is 10.1. The zero-order valence-electron chi connectivity index (χ0n) is 14.7. The van der Waals surface area contributed by atoms with Crippen molar-refractivity contribution < 1.29 is 31.9 Å². The average molecular weight is 419 g/mol. The van der Waals surface area contributed by atoms with Gasteiger partial charge in [-0.1, -0.05) is 11.6 Å². The summed E-state index contributed by atoms with van der Waals surface area (Å²) in [6, 6.07) is 6.24. The topological polar surface area (TPSA) is 58.6 Å². The highest BCUT2D eigenvalue weighted by molar-refractivity contribution is 6.31. The minimum absolute atomic E-state index is 0.0938. The summed E-state index contributed by atoms with van der Waals surface area (Å²) < 4.78 is 57.1. The summed E-state index contributed by atoms with van der Waals surface area (Å²) in [4.78, 5) is 25.5. The number of benzene rings is 2. The molecular formula is C18H15ClF4N2O3. The molecule has 1 N–H and O–H groups in total. The molecule has 0 aromatic heterocycles. The number of carbonyl (C=O) groups excluding carboxylic acids is 2. The lowest BCUT2D eigenvalue weighted by molar-refractivity contribution is -0.137. The smallest absolute Gasteiger partial charge is 0.417 e. The number of nitrogens with zero attached hydrogens (tertiary/aromatic N) is 1. The second kappa shape index (κ2) is 8.47. The van der Waals surface area contributed by atoms with Crippen molar-refractivity contribution in [2.24, 2.45) is 0 Å². The number of carbonyl (C=O) groups is 2. The molecule has 2 aromatic rings. The van der Waals surface area contributed by atoms with Crippen molar-refractivity contribution in [2.75, 3.05) is 26.0 Å². The Morgan fingerprint density at radius 3 is 2.46 bits per heavy atom. The number of amides is 2. The van der Waals surface area contributed by atoms with Gasteiger partial charge in [-0.15, -0.1) is 0 Å². The van der Waals surface area contributed by atoms with E-state index in [9.17, 15) is 27.2 Å². The largest absolute Gasteiger partial charge is 0.496 e. The predicted octanol–water partition coefficient (Wildman–Crippen LogP) is 4.22. The van der Waals surface area contributed by atoms with Gasteiger partial charge in [0.05, 0.1) is 29.8 Å². The molecule has 0 radical (unpaired) electrons. The summed E-state index contributed by atoms with van der Waals surface area (Å²) >= 11 is 5.52. The van der Waals surface area contributed by atoms with Gasteiger partial charge in [-0.2, -0.15) is 13.2 Å². The molecule has 0 aliphatic carbocycles. The maximum absolute atomic E-state index is 13.4. The average Bonchev–Trinajstić information content (AvgIpc) is 2.61. The van der Waals surface area contributed by atoms with Crippen LogP contribution in [0, 0.1) is 5.82 Å². The van der Waals surface area contributed by atoms with E-state index < -0.39 is 40.9 Å². The van der Waals surface area contributed by atoms with Crippen molar-refractivity contribution in [1.29, 1.82) is 0 Å². The lowest BCUT2D eigenvalue weighted by Gasteiger charge is -2.19. The monoisotopic (exact) mass is 418 g/mol. The Labute approximate surface area is 162 Å². The van der Waals surface area contributed by atoms with E-state index >= 15 is 0 Å². The third-order valence-corrected chi connectivity index (χ3v) is 4.00. The van der Waals surface area contributed by atoms with Crippen LogP contribution in [0.4, 0.5) is 23.2 Å². The molecule has 10 heteroatoms. The highest BCUT2D eigenvalue weighted by Gasteiger charge is 2.33. The first-order valence-corrected chi connectivity index (χ1v) is 8.16. The van der Waals surface area contributed by atoms with Crippen LogP contribution in [0.3, 0.4) is 0 Å². The molecule has 0 spiro atoms. The van der Waals surface area contributed by atoms with E-state index in [0.29, 0.717) is 6.07 Å². The molecule has 0 bridgehead atoms. The molecule has 0 saturated heterocycles. The fourth-order valence-electron chi connectivity index (χ4n) is 2.36. The van der Waals surface area contributed by atoms with E-state index in [4.69, 9.17) is 16.3 Å². The molecule has 28 heavy (non-hydrogen) atoms. The maximum Gasteiger partial charge on any atom is 0.417 e. The van der Waals surface area contributed by atoms with Crippen LogP contribution in [-0.2, 0) is 11.0 Å². The number of halogens is 5. The fraction of sp³-hybridized carbons (Fsp3) is 0.222. The Hall–Kier alpha value is -2.81. The van der Waals surface area contributed by atoms with Crippen molar-refractivity contribution >= 4 is 29.1 Å². The van der Waals surface area contributed by atoms with Gasteiger partial charge in [0, 0.05) is 12.7 Å². The van der Waals surface area contributed by atoms with Gasteiger partial charge in [0.2, 0.25) is 5.91 Å². The standard InChI is InChI=1S/C18H15ClF4N2O3/c1-25(17(27)12-7-10(20)3-6-15(12)28-2)9-16(26)24-11-4-5-14(19)13(8-11)18(21,22)23/h3-8H,9H2,1-2H3,(H,24,26). The van der Waals surface area contributed by atoms with Gasteiger partial charge >= 0.3 is 6.18 Å². The Morgan fingerprint density at radius 1 is 1.18 bits per heavy atom. The second-order valence-corrected chi connectivity index (χ2v) is 6.15. The van der Waals surface area contributed by atoms with E-state index in [0.717, 1.165) is 23.1 Å². The van der Waals surface area contributed by atoms with Crippen LogP contribution in [-0.4, -0.2) is 37.4 Å². The van der Waals surface area contributed by atoms with Crippen LogP contribution in [0.25, 0.3) is 0 Å². The minimum atomic E-state index is -4.68. The van der Waals surface area contributed by atoms with E-state index in [2.05, 4.69) is 5.32 Å². The predicted molar refractivity (Wildman–Crippen MR) is 95.0 cm³/mol. The highest BCUT2D eigenvalue weighted by Crippen LogP contribution is 2.36.